The van der Waals surface area contributed by atoms with Crippen LogP contribution in [0.4, 0.5) is 11.4 Å². The monoisotopic (exact) mass is 509 g/mol. The van der Waals surface area contributed by atoms with Crippen LogP contribution < -0.4 is 14.5 Å². The molecule has 1 fully saturated rings. The van der Waals surface area contributed by atoms with Gasteiger partial charge in [-0.25, -0.2) is 9.78 Å². The van der Waals surface area contributed by atoms with Crippen LogP contribution in [0.5, 0.6) is 11.6 Å². The molecule has 1 aromatic heterocycles. The minimum atomic E-state index is -1.10. The predicted molar refractivity (Wildman–Crippen MR) is 136 cm³/mol. The van der Waals surface area contributed by atoms with Crippen LogP contribution in [0.2, 0.25) is 10.0 Å². The number of pyridine rings is 1. The number of halogens is 2. The Bertz CT molecular complexity index is 1340. The fraction of sp³-hybridized carbons (Fsp3) is 0.192. The predicted octanol–water partition coefficient (Wildman–Crippen LogP) is 5.91. The molecule has 1 amide bonds. The molecule has 1 aliphatic heterocycles. The molecule has 1 N–H and O–H groups in total. The van der Waals surface area contributed by atoms with Gasteiger partial charge in [0.05, 0.1) is 21.4 Å². The largest absolute Gasteiger partial charge is 0.478 e. The molecule has 9 heteroatoms. The van der Waals surface area contributed by atoms with Crippen molar-refractivity contribution in [2.45, 2.75) is 18.9 Å². The van der Waals surface area contributed by atoms with Gasteiger partial charge >= 0.3 is 5.97 Å². The normalized spacial score (nSPS) is 15.3. The van der Waals surface area contributed by atoms with Gasteiger partial charge in [-0.2, -0.15) is 0 Å². The van der Waals surface area contributed by atoms with Crippen molar-refractivity contribution >= 4 is 52.5 Å². The maximum atomic E-state index is 13.7. The Morgan fingerprint density at radius 2 is 1.80 bits per heavy atom. The Labute approximate surface area is 212 Å². The number of fused-ring (bicyclic) bond motifs is 1. The average Bonchev–Trinajstić information content (AvgIpc) is 3.70. The summed E-state index contributed by atoms with van der Waals surface area (Å²) in [5, 5.41) is 9.29. The quantitative estimate of drug-likeness (QED) is 0.416. The Morgan fingerprint density at radius 1 is 1.03 bits per heavy atom. The van der Waals surface area contributed by atoms with E-state index in [4.69, 9.17) is 33.0 Å². The zero-order valence-corrected chi connectivity index (χ0v) is 20.0. The number of carboxylic acid groups (broad SMARTS) is 1. The first-order valence-corrected chi connectivity index (χ1v) is 11.9. The third kappa shape index (κ3) is 4.83. The first-order chi connectivity index (χ1) is 16.9. The first kappa shape index (κ1) is 23.2. The van der Waals surface area contributed by atoms with E-state index in [-0.39, 0.29) is 27.6 Å². The highest BCUT2D eigenvalue weighted by molar-refractivity contribution is 6.35. The Morgan fingerprint density at radius 3 is 2.54 bits per heavy atom. The summed E-state index contributed by atoms with van der Waals surface area (Å²) in [4.78, 5) is 32.9. The lowest BCUT2D eigenvalue weighted by molar-refractivity contribution is -0.131. The average molecular weight is 510 g/mol. The van der Waals surface area contributed by atoms with Crippen molar-refractivity contribution in [1.82, 2.24) is 4.98 Å². The lowest BCUT2D eigenvalue weighted by atomic mass is 10.1. The van der Waals surface area contributed by atoms with Gasteiger partial charge in [0.15, 0.2) is 0 Å². The summed E-state index contributed by atoms with van der Waals surface area (Å²) in [5.74, 6) is -1.02. The molecule has 1 aliphatic carbocycles. The van der Waals surface area contributed by atoms with E-state index >= 15 is 0 Å². The molecule has 2 aromatic carbocycles. The van der Waals surface area contributed by atoms with Crippen molar-refractivity contribution in [3.8, 4) is 11.6 Å². The molecule has 3 aromatic rings. The van der Waals surface area contributed by atoms with Gasteiger partial charge in [-0.15, -0.1) is 0 Å². The van der Waals surface area contributed by atoms with Crippen LogP contribution in [0.15, 0.2) is 60.8 Å². The molecule has 0 spiro atoms. The summed E-state index contributed by atoms with van der Waals surface area (Å²) in [7, 11) is 0. The number of hydrogen-bond acceptors (Lipinski definition) is 5. The molecule has 35 heavy (non-hydrogen) atoms. The molecule has 2 heterocycles. The van der Waals surface area contributed by atoms with Crippen LogP contribution in [0.3, 0.4) is 0 Å². The van der Waals surface area contributed by atoms with Crippen molar-refractivity contribution < 1.29 is 19.4 Å². The molecule has 5 rings (SSSR count). The number of aromatic nitrogens is 1. The summed E-state index contributed by atoms with van der Waals surface area (Å²) >= 11 is 12.7. The SMILES string of the molecule is O=C(O)C=Cc1cc(Cl)c(Oc2ncccc2C(=O)N2CCN(C3CC3)c3ccccc32)cc1Cl. The highest BCUT2D eigenvalue weighted by Gasteiger charge is 2.36. The van der Waals surface area contributed by atoms with E-state index in [1.54, 1.807) is 17.0 Å². The number of nitrogens with zero attached hydrogens (tertiary/aromatic N) is 3. The fourth-order valence-electron chi connectivity index (χ4n) is 4.16. The number of ether oxygens (including phenoxy) is 1. The lowest BCUT2D eigenvalue weighted by Gasteiger charge is -2.38. The number of hydrogen-bond donors (Lipinski definition) is 1. The molecular weight excluding hydrogens is 489 g/mol. The van der Waals surface area contributed by atoms with Crippen LogP contribution in [0.25, 0.3) is 6.08 Å². The standard InChI is InChI=1S/C26H21Cl2N3O4/c27-19-15-23(20(28)14-16(19)7-10-24(32)33)35-25-18(4-3-11-29-25)26(34)31-13-12-30(17-8-9-17)21-5-1-2-6-22(21)31/h1-7,10-11,14-15,17H,8-9,12-13H2,(H,32,33). The minimum Gasteiger partial charge on any atom is -0.478 e. The van der Waals surface area contributed by atoms with E-state index < -0.39 is 5.97 Å². The molecule has 7 nitrogen and oxygen atoms in total. The first-order valence-electron chi connectivity index (χ1n) is 11.1. The van der Waals surface area contributed by atoms with Crippen LogP contribution in [-0.2, 0) is 4.79 Å². The van der Waals surface area contributed by atoms with E-state index in [2.05, 4.69) is 16.0 Å². The van der Waals surface area contributed by atoms with Crippen LogP contribution in [0.1, 0.15) is 28.8 Å². The van der Waals surface area contributed by atoms with Gasteiger partial charge in [-0.3, -0.25) is 4.79 Å². The number of benzene rings is 2. The smallest absolute Gasteiger partial charge is 0.328 e. The van der Waals surface area contributed by atoms with Crippen molar-refractivity contribution in [3.63, 3.8) is 0 Å². The Hall–Kier alpha value is -3.55. The minimum absolute atomic E-state index is 0.103. The van der Waals surface area contributed by atoms with Gasteiger partial charge in [-0.1, -0.05) is 35.3 Å². The third-order valence-electron chi connectivity index (χ3n) is 5.94. The number of rotatable bonds is 6. The second-order valence-electron chi connectivity index (χ2n) is 8.30. The van der Waals surface area contributed by atoms with Gasteiger partial charge in [0.1, 0.15) is 11.3 Å². The molecule has 0 atom stereocenters. The number of amides is 1. The second-order valence-corrected chi connectivity index (χ2v) is 9.12. The maximum Gasteiger partial charge on any atom is 0.328 e. The molecule has 178 valence electrons. The van der Waals surface area contributed by atoms with Crippen molar-refractivity contribution in [1.29, 1.82) is 0 Å². The van der Waals surface area contributed by atoms with Crippen molar-refractivity contribution in [2.75, 3.05) is 22.9 Å². The van der Waals surface area contributed by atoms with Crippen LogP contribution in [0, 0.1) is 0 Å². The number of carboxylic acids is 1. The van der Waals surface area contributed by atoms with Crippen LogP contribution in [-0.4, -0.2) is 41.1 Å². The van der Waals surface area contributed by atoms with Gasteiger partial charge < -0.3 is 19.6 Å². The second kappa shape index (κ2) is 9.60. The lowest BCUT2D eigenvalue weighted by Crippen LogP contribution is -2.45. The number of para-hydroxylation sites is 2. The van der Waals surface area contributed by atoms with E-state index in [0.29, 0.717) is 23.7 Å². The Kier molecular flexibility index (Phi) is 6.36. The molecule has 0 bridgehead atoms. The van der Waals surface area contributed by atoms with Crippen molar-refractivity contribution in [3.05, 3.63) is 82.0 Å². The summed E-state index contributed by atoms with van der Waals surface area (Å²) in [6.45, 7) is 1.31. The zero-order chi connectivity index (χ0) is 24.5. The molecule has 1 saturated carbocycles. The van der Waals surface area contributed by atoms with E-state index in [9.17, 15) is 9.59 Å². The summed E-state index contributed by atoms with van der Waals surface area (Å²) in [6, 6.07) is 14.8. The van der Waals surface area contributed by atoms with Gasteiger partial charge in [0, 0.05) is 37.5 Å². The highest BCUT2D eigenvalue weighted by atomic mass is 35.5. The van der Waals surface area contributed by atoms with Gasteiger partial charge in [0.25, 0.3) is 5.91 Å². The Balaban J connectivity index is 1.44. The highest BCUT2D eigenvalue weighted by Crippen LogP contribution is 2.41. The molecule has 0 saturated heterocycles. The number of anilines is 2. The number of carbonyl (C=O) groups is 2. The fourth-order valence-corrected chi connectivity index (χ4v) is 4.58. The van der Waals surface area contributed by atoms with Crippen LogP contribution >= 0.6 is 23.2 Å². The molecule has 0 radical (unpaired) electrons. The van der Waals surface area contributed by atoms with Gasteiger partial charge in [0.2, 0.25) is 5.88 Å². The van der Waals surface area contributed by atoms with E-state index in [0.717, 1.165) is 24.0 Å². The third-order valence-corrected chi connectivity index (χ3v) is 6.57. The molecule has 2 aliphatic rings. The number of aliphatic carboxylic acids is 1. The number of carbonyl (C=O) groups excluding carboxylic acids is 1. The van der Waals surface area contributed by atoms with Gasteiger partial charge in [-0.05, 0) is 54.8 Å². The van der Waals surface area contributed by atoms with E-state index in [1.807, 2.05) is 18.2 Å². The summed E-state index contributed by atoms with van der Waals surface area (Å²) < 4.78 is 5.95. The summed E-state index contributed by atoms with van der Waals surface area (Å²) in [6.07, 6.45) is 6.20. The van der Waals surface area contributed by atoms with Crippen molar-refractivity contribution in [2.24, 2.45) is 0 Å². The van der Waals surface area contributed by atoms with E-state index in [1.165, 1.54) is 37.2 Å². The molecule has 0 unspecified atom stereocenters. The summed E-state index contributed by atoms with van der Waals surface area (Å²) in [5.41, 5.74) is 2.64. The topological polar surface area (TPSA) is 83.0 Å². The molecular formula is C26H21Cl2N3O4. The zero-order valence-electron chi connectivity index (χ0n) is 18.5. The maximum absolute atomic E-state index is 13.7.